The number of ether oxygens (including phenoxy) is 2. The average molecular weight is 513 g/mol. The van der Waals surface area contributed by atoms with Crippen molar-refractivity contribution in [1.82, 2.24) is 18.7 Å². The highest BCUT2D eigenvalue weighted by atomic mass is 32.2. The molecule has 0 saturated heterocycles. The summed E-state index contributed by atoms with van der Waals surface area (Å²) in [4.78, 5) is 31.3. The first-order valence-corrected chi connectivity index (χ1v) is 13.0. The van der Waals surface area contributed by atoms with E-state index in [1.54, 1.807) is 49.1 Å². The maximum absolute atomic E-state index is 13.5. The standard InChI is InChI=1S/C25H28N4O6S/c1-17(2)29-23-22(27(16-26-23)15-18-10-11-19(34-3)14-21(18)35-4)24(30)28(25(29)31)12-13-36(32,33)20-8-6-5-7-9-20/h5-11,14,16-17H,12-13,15H2,1-4H3. The number of hydrogen-bond donors (Lipinski definition) is 0. The molecule has 2 aromatic carbocycles. The summed E-state index contributed by atoms with van der Waals surface area (Å²) >= 11 is 0. The van der Waals surface area contributed by atoms with Gasteiger partial charge in [-0.15, -0.1) is 0 Å². The molecule has 0 bridgehead atoms. The molecule has 0 saturated carbocycles. The SMILES string of the molecule is COc1ccc(Cn2cnc3c2c(=O)n(CCS(=O)(=O)c2ccccc2)c(=O)n3C(C)C)c(OC)c1. The van der Waals surface area contributed by atoms with E-state index in [0.717, 1.165) is 10.1 Å². The van der Waals surface area contributed by atoms with Crippen LogP contribution in [0.2, 0.25) is 0 Å². The van der Waals surface area contributed by atoms with Gasteiger partial charge in [-0.1, -0.05) is 18.2 Å². The fourth-order valence-electron chi connectivity index (χ4n) is 4.11. The van der Waals surface area contributed by atoms with Crippen LogP contribution in [-0.2, 0) is 22.9 Å². The molecule has 2 aromatic heterocycles. The van der Waals surface area contributed by atoms with Crippen LogP contribution in [0.5, 0.6) is 11.5 Å². The molecular weight excluding hydrogens is 484 g/mol. The number of rotatable bonds is 9. The van der Waals surface area contributed by atoms with E-state index in [2.05, 4.69) is 4.98 Å². The lowest BCUT2D eigenvalue weighted by molar-refractivity contribution is 0.390. The molecule has 0 amide bonds. The van der Waals surface area contributed by atoms with Gasteiger partial charge in [0.05, 0.1) is 37.7 Å². The smallest absolute Gasteiger partial charge is 0.333 e. The summed E-state index contributed by atoms with van der Waals surface area (Å²) in [6, 6.07) is 13.0. The Morgan fingerprint density at radius 3 is 2.36 bits per heavy atom. The zero-order chi connectivity index (χ0) is 26.0. The van der Waals surface area contributed by atoms with Gasteiger partial charge in [0, 0.05) is 24.2 Å². The number of fused-ring (bicyclic) bond motifs is 1. The molecule has 2 heterocycles. The van der Waals surface area contributed by atoms with Gasteiger partial charge in [-0.2, -0.15) is 0 Å². The van der Waals surface area contributed by atoms with Crippen LogP contribution in [0.25, 0.3) is 11.2 Å². The van der Waals surface area contributed by atoms with Gasteiger partial charge in [-0.25, -0.2) is 18.2 Å². The Balaban J connectivity index is 1.81. The highest BCUT2D eigenvalue weighted by Gasteiger charge is 2.22. The fourth-order valence-corrected chi connectivity index (χ4v) is 5.34. The first kappa shape index (κ1) is 25.2. The summed E-state index contributed by atoms with van der Waals surface area (Å²) in [7, 11) is -0.596. The highest BCUT2D eigenvalue weighted by molar-refractivity contribution is 7.91. The number of sulfone groups is 1. The zero-order valence-electron chi connectivity index (χ0n) is 20.5. The minimum absolute atomic E-state index is 0.139. The molecule has 0 unspecified atom stereocenters. The van der Waals surface area contributed by atoms with E-state index in [-0.39, 0.29) is 35.2 Å². The van der Waals surface area contributed by atoms with Crippen molar-refractivity contribution in [3.8, 4) is 11.5 Å². The fraction of sp³-hybridized carbons (Fsp3) is 0.320. The van der Waals surface area contributed by atoms with Gasteiger partial charge < -0.3 is 14.0 Å². The van der Waals surface area contributed by atoms with Crippen molar-refractivity contribution in [3.63, 3.8) is 0 Å². The van der Waals surface area contributed by atoms with Crippen molar-refractivity contribution in [3.05, 3.63) is 81.3 Å². The largest absolute Gasteiger partial charge is 0.497 e. The predicted molar refractivity (Wildman–Crippen MR) is 136 cm³/mol. The highest BCUT2D eigenvalue weighted by Crippen LogP contribution is 2.26. The maximum Gasteiger partial charge on any atom is 0.333 e. The molecule has 0 radical (unpaired) electrons. The van der Waals surface area contributed by atoms with Crippen molar-refractivity contribution in [2.24, 2.45) is 0 Å². The van der Waals surface area contributed by atoms with Gasteiger partial charge in [0.15, 0.2) is 21.0 Å². The second kappa shape index (κ2) is 10.0. The summed E-state index contributed by atoms with van der Waals surface area (Å²) < 4.78 is 40.4. The van der Waals surface area contributed by atoms with Crippen molar-refractivity contribution in [1.29, 1.82) is 0 Å². The van der Waals surface area contributed by atoms with E-state index < -0.39 is 26.8 Å². The zero-order valence-corrected chi connectivity index (χ0v) is 21.4. The number of nitrogens with zero attached hydrogens (tertiary/aromatic N) is 4. The molecule has 0 aliphatic heterocycles. The lowest BCUT2D eigenvalue weighted by atomic mass is 10.2. The minimum Gasteiger partial charge on any atom is -0.497 e. The van der Waals surface area contributed by atoms with Gasteiger partial charge in [-0.05, 0) is 38.1 Å². The maximum atomic E-state index is 13.5. The van der Waals surface area contributed by atoms with Crippen molar-refractivity contribution < 1.29 is 17.9 Å². The van der Waals surface area contributed by atoms with Crippen LogP contribution < -0.4 is 20.7 Å². The summed E-state index contributed by atoms with van der Waals surface area (Å²) in [5.74, 6) is 0.806. The normalized spacial score (nSPS) is 11.8. The van der Waals surface area contributed by atoms with E-state index in [9.17, 15) is 18.0 Å². The summed E-state index contributed by atoms with van der Waals surface area (Å²) in [6.45, 7) is 3.58. The second-order valence-electron chi connectivity index (χ2n) is 8.56. The van der Waals surface area contributed by atoms with Gasteiger partial charge >= 0.3 is 5.69 Å². The Hall–Kier alpha value is -3.86. The van der Waals surface area contributed by atoms with Gasteiger partial charge in [0.2, 0.25) is 0 Å². The van der Waals surface area contributed by atoms with Crippen LogP contribution >= 0.6 is 0 Å². The lowest BCUT2D eigenvalue weighted by Gasteiger charge is -2.16. The average Bonchev–Trinajstić information content (AvgIpc) is 3.27. The molecule has 0 N–H and O–H groups in total. The molecule has 0 fully saturated rings. The number of aromatic nitrogens is 4. The predicted octanol–water partition coefficient (Wildman–Crippen LogP) is 2.48. The second-order valence-corrected chi connectivity index (χ2v) is 10.7. The molecule has 36 heavy (non-hydrogen) atoms. The van der Waals surface area contributed by atoms with Crippen molar-refractivity contribution >= 4 is 21.0 Å². The van der Waals surface area contributed by atoms with E-state index in [1.165, 1.54) is 23.0 Å². The molecule has 0 aliphatic carbocycles. The first-order valence-electron chi connectivity index (χ1n) is 11.4. The summed E-state index contributed by atoms with van der Waals surface area (Å²) in [5.41, 5.74) is 0.0311. The Morgan fingerprint density at radius 1 is 1.00 bits per heavy atom. The quantitative estimate of drug-likeness (QED) is 0.338. The molecule has 10 nitrogen and oxygen atoms in total. The molecule has 11 heteroatoms. The van der Waals surface area contributed by atoms with Gasteiger partial charge in [0.25, 0.3) is 5.56 Å². The number of imidazole rings is 1. The van der Waals surface area contributed by atoms with Gasteiger partial charge in [-0.3, -0.25) is 13.9 Å². The molecule has 4 rings (SSSR count). The molecule has 190 valence electrons. The first-order chi connectivity index (χ1) is 17.2. The van der Waals surface area contributed by atoms with Crippen LogP contribution in [0.3, 0.4) is 0 Å². The van der Waals surface area contributed by atoms with E-state index >= 15 is 0 Å². The Bertz CT molecular complexity index is 1620. The molecule has 4 aromatic rings. The van der Waals surface area contributed by atoms with Crippen LogP contribution in [0.15, 0.2) is 69.3 Å². The number of benzene rings is 2. The Kier molecular flexibility index (Phi) is 7.02. The lowest BCUT2D eigenvalue weighted by Crippen LogP contribution is -2.42. The van der Waals surface area contributed by atoms with E-state index in [4.69, 9.17) is 9.47 Å². The van der Waals surface area contributed by atoms with Crippen LogP contribution in [0, 0.1) is 0 Å². The number of hydrogen-bond acceptors (Lipinski definition) is 7. The number of methoxy groups -OCH3 is 2. The molecular formula is C25H28N4O6S. The molecule has 0 aliphatic rings. The summed E-state index contributed by atoms with van der Waals surface area (Å²) in [5, 5.41) is 0. The van der Waals surface area contributed by atoms with Crippen molar-refractivity contribution in [2.75, 3.05) is 20.0 Å². The third-order valence-corrected chi connectivity index (χ3v) is 7.68. The van der Waals surface area contributed by atoms with Gasteiger partial charge in [0.1, 0.15) is 11.5 Å². The monoisotopic (exact) mass is 512 g/mol. The molecule has 0 spiro atoms. The third-order valence-electron chi connectivity index (χ3n) is 5.97. The van der Waals surface area contributed by atoms with Crippen LogP contribution in [0.1, 0.15) is 25.5 Å². The van der Waals surface area contributed by atoms with Crippen LogP contribution in [0.4, 0.5) is 0 Å². The topological polar surface area (TPSA) is 114 Å². The van der Waals surface area contributed by atoms with Crippen LogP contribution in [-0.4, -0.2) is 47.1 Å². The minimum atomic E-state index is -3.70. The van der Waals surface area contributed by atoms with Crippen molar-refractivity contribution in [2.45, 2.75) is 37.9 Å². The van der Waals surface area contributed by atoms with E-state index in [0.29, 0.717) is 11.5 Å². The summed E-state index contributed by atoms with van der Waals surface area (Å²) in [6.07, 6.45) is 1.50. The Labute approximate surface area is 208 Å². The van der Waals surface area contributed by atoms with E-state index in [1.807, 2.05) is 19.9 Å². The third kappa shape index (κ3) is 4.66. The Morgan fingerprint density at radius 2 is 1.72 bits per heavy atom. The molecule has 0 atom stereocenters.